The van der Waals surface area contributed by atoms with Gasteiger partial charge in [0, 0.05) is 22.0 Å². The molecule has 1 aromatic heterocycles. The number of nitrogens with zero attached hydrogens (tertiary/aromatic N) is 1. The number of halogens is 1. The summed E-state index contributed by atoms with van der Waals surface area (Å²) < 4.78 is 0. The van der Waals surface area contributed by atoms with E-state index in [0.717, 1.165) is 0 Å². The fraction of sp³-hybridized carbons (Fsp3) is 0.154. The van der Waals surface area contributed by atoms with Gasteiger partial charge in [-0.05, 0) is 19.1 Å². The predicted octanol–water partition coefficient (Wildman–Crippen LogP) is 2.09. The Morgan fingerprint density at radius 1 is 1.32 bits per heavy atom. The van der Waals surface area contributed by atoms with Gasteiger partial charge in [-0.2, -0.15) is 0 Å². The Balaban J connectivity index is 2.43. The number of carboxylic acids is 1. The van der Waals surface area contributed by atoms with Crippen molar-refractivity contribution in [1.82, 2.24) is 10.3 Å². The van der Waals surface area contributed by atoms with E-state index in [-0.39, 0.29) is 5.69 Å². The molecule has 0 saturated carbocycles. The smallest absolute Gasteiger partial charge is 0.325 e. The molecule has 0 aliphatic rings. The number of carbonyl (C=O) groups is 2. The maximum absolute atomic E-state index is 12.0. The van der Waals surface area contributed by atoms with Crippen LogP contribution in [0.3, 0.4) is 0 Å². The number of aromatic nitrogens is 1. The fourth-order valence-electron chi connectivity index (χ4n) is 1.68. The van der Waals surface area contributed by atoms with Crippen LogP contribution in [0.25, 0.3) is 10.8 Å². The van der Waals surface area contributed by atoms with Gasteiger partial charge in [-0.1, -0.05) is 23.7 Å². The number of aliphatic carboxylic acids is 1. The lowest BCUT2D eigenvalue weighted by Crippen LogP contribution is -2.38. The first-order valence-electron chi connectivity index (χ1n) is 5.57. The van der Waals surface area contributed by atoms with Crippen molar-refractivity contribution in [2.75, 3.05) is 0 Å². The highest BCUT2D eigenvalue weighted by molar-refractivity contribution is 6.35. The van der Waals surface area contributed by atoms with Gasteiger partial charge in [0.25, 0.3) is 5.91 Å². The second kappa shape index (κ2) is 5.24. The van der Waals surface area contributed by atoms with Gasteiger partial charge < -0.3 is 10.4 Å². The van der Waals surface area contributed by atoms with E-state index in [1.54, 1.807) is 24.3 Å². The Morgan fingerprint density at radius 3 is 2.74 bits per heavy atom. The molecule has 19 heavy (non-hydrogen) atoms. The molecule has 0 spiro atoms. The van der Waals surface area contributed by atoms with Crippen molar-refractivity contribution in [2.45, 2.75) is 13.0 Å². The van der Waals surface area contributed by atoms with Crippen LogP contribution < -0.4 is 5.32 Å². The number of hydrogen-bond acceptors (Lipinski definition) is 3. The third-order valence-corrected chi connectivity index (χ3v) is 3.02. The van der Waals surface area contributed by atoms with Crippen LogP contribution in [-0.2, 0) is 4.79 Å². The average Bonchev–Trinajstić information content (AvgIpc) is 2.38. The highest BCUT2D eigenvalue weighted by Gasteiger charge is 2.18. The van der Waals surface area contributed by atoms with Gasteiger partial charge in [-0.15, -0.1) is 0 Å². The first-order valence-corrected chi connectivity index (χ1v) is 5.95. The van der Waals surface area contributed by atoms with Gasteiger partial charge in [0.15, 0.2) is 0 Å². The molecule has 5 nitrogen and oxygen atoms in total. The van der Waals surface area contributed by atoms with Gasteiger partial charge in [-0.25, -0.2) is 0 Å². The third-order valence-electron chi connectivity index (χ3n) is 2.69. The van der Waals surface area contributed by atoms with Crippen molar-refractivity contribution in [1.29, 1.82) is 0 Å². The van der Waals surface area contributed by atoms with E-state index in [1.165, 1.54) is 13.1 Å². The van der Waals surface area contributed by atoms with Gasteiger partial charge in [0.1, 0.15) is 11.7 Å². The van der Waals surface area contributed by atoms with Crippen LogP contribution in [0.5, 0.6) is 0 Å². The van der Waals surface area contributed by atoms with E-state index >= 15 is 0 Å². The van der Waals surface area contributed by atoms with E-state index in [9.17, 15) is 9.59 Å². The number of fused-ring (bicyclic) bond motifs is 1. The maximum Gasteiger partial charge on any atom is 0.325 e. The molecule has 1 amide bonds. The Hall–Kier alpha value is -2.14. The zero-order valence-corrected chi connectivity index (χ0v) is 10.8. The monoisotopic (exact) mass is 278 g/mol. The minimum absolute atomic E-state index is 0.160. The summed E-state index contributed by atoms with van der Waals surface area (Å²) in [6.07, 6.45) is 1.47. The largest absolute Gasteiger partial charge is 0.480 e. The molecule has 1 atom stereocenters. The minimum Gasteiger partial charge on any atom is -0.480 e. The Bertz CT molecular complexity index is 657. The number of hydrogen-bond donors (Lipinski definition) is 2. The summed E-state index contributed by atoms with van der Waals surface area (Å²) in [5, 5.41) is 12.9. The highest BCUT2D eigenvalue weighted by atomic mass is 35.5. The molecule has 1 aromatic carbocycles. The zero-order valence-electron chi connectivity index (χ0n) is 10.1. The van der Waals surface area contributed by atoms with Crippen molar-refractivity contribution in [3.8, 4) is 0 Å². The quantitative estimate of drug-likeness (QED) is 0.901. The number of carbonyl (C=O) groups excluding carboxylic acids is 1. The average molecular weight is 279 g/mol. The van der Waals surface area contributed by atoms with Gasteiger partial charge >= 0.3 is 5.97 Å². The van der Waals surface area contributed by atoms with Crippen LogP contribution in [0, 0.1) is 0 Å². The molecular formula is C13H11ClN2O3. The summed E-state index contributed by atoms with van der Waals surface area (Å²) in [7, 11) is 0. The number of carboxylic acid groups (broad SMARTS) is 1. The van der Waals surface area contributed by atoms with E-state index in [4.69, 9.17) is 16.7 Å². The molecule has 0 fully saturated rings. The van der Waals surface area contributed by atoms with Crippen molar-refractivity contribution in [3.63, 3.8) is 0 Å². The number of amides is 1. The maximum atomic E-state index is 12.0. The normalized spacial score (nSPS) is 12.1. The molecule has 1 heterocycles. The first kappa shape index (κ1) is 13.3. The van der Waals surface area contributed by atoms with Crippen molar-refractivity contribution in [3.05, 3.63) is 41.2 Å². The first-order chi connectivity index (χ1) is 9.00. The number of nitrogens with one attached hydrogen (secondary N) is 1. The molecule has 0 saturated heterocycles. The van der Waals surface area contributed by atoms with E-state index < -0.39 is 17.9 Å². The molecule has 98 valence electrons. The summed E-state index contributed by atoms with van der Waals surface area (Å²) in [6.45, 7) is 1.39. The van der Waals surface area contributed by atoms with Crippen molar-refractivity contribution >= 4 is 34.2 Å². The van der Waals surface area contributed by atoms with Crippen LogP contribution >= 0.6 is 11.6 Å². The van der Waals surface area contributed by atoms with E-state index in [0.29, 0.717) is 15.8 Å². The molecule has 2 aromatic rings. The summed E-state index contributed by atoms with van der Waals surface area (Å²) >= 11 is 6.04. The van der Waals surface area contributed by atoms with Crippen LogP contribution in [0.4, 0.5) is 0 Å². The highest BCUT2D eigenvalue weighted by Crippen LogP contribution is 2.24. The lowest BCUT2D eigenvalue weighted by molar-refractivity contribution is -0.138. The molecule has 6 heteroatoms. The fourth-order valence-corrected chi connectivity index (χ4v) is 1.91. The summed E-state index contributed by atoms with van der Waals surface area (Å²) in [6, 6.07) is 5.86. The molecular weight excluding hydrogens is 268 g/mol. The van der Waals surface area contributed by atoms with Crippen LogP contribution in [0.15, 0.2) is 30.5 Å². The lowest BCUT2D eigenvalue weighted by Gasteiger charge is -2.10. The SMILES string of the molecule is CC(NC(=O)c1nccc2c(Cl)cccc12)C(=O)O. The Labute approximate surface area is 114 Å². The molecule has 1 unspecified atom stereocenters. The number of rotatable bonds is 3. The zero-order chi connectivity index (χ0) is 14.0. The summed E-state index contributed by atoms with van der Waals surface area (Å²) in [5.41, 5.74) is 0.160. The van der Waals surface area contributed by atoms with Crippen LogP contribution in [0.1, 0.15) is 17.4 Å². The summed E-state index contributed by atoms with van der Waals surface area (Å²) in [4.78, 5) is 26.7. The third kappa shape index (κ3) is 2.66. The predicted molar refractivity (Wildman–Crippen MR) is 71.3 cm³/mol. The molecule has 0 bridgehead atoms. The molecule has 0 aliphatic carbocycles. The Morgan fingerprint density at radius 2 is 2.05 bits per heavy atom. The van der Waals surface area contributed by atoms with Crippen molar-refractivity contribution in [2.24, 2.45) is 0 Å². The van der Waals surface area contributed by atoms with Gasteiger partial charge in [0.2, 0.25) is 0 Å². The second-order valence-electron chi connectivity index (χ2n) is 4.03. The van der Waals surface area contributed by atoms with Gasteiger partial charge in [0.05, 0.1) is 0 Å². The number of pyridine rings is 1. The Kier molecular flexibility index (Phi) is 3.66. The molecule has 2 N–H and O–H groups in total. The molecule has 2 rings (SSSR count). The topological polar surface area (TPSA) is 79.3 Å². The second-order valence-corrected chi connectivity index (χ2v) is 4.44. The number of benzene rings is 1. The van der Waals surface area contributed by atoms with E-state index in [2.05, 4.69) is 10.3 Å². The standard InChI is InChI=1S/C13H11ClN2O3/c1-7(13(18)19)16-12(17)11-9-3-2-4-10(14)8(9)5-6-15-11/h2-7H,1H3,(H,16,17)(H,18,19). The lowest BCUT2D eigenvalue weighted by atomic mass is 10.1. The van der Waals surface area contributed by atoms with Crippen LogP contribution in [-0.4, -0.2) is 28.0 Å². The molecule has 0 radical (unpaired) electrons. The van der Waals surface area contributed by atoms with Crippen molar-refractivity contribution < 1.29 is 14.7 Å². The summed E-state index contributed by atoms with van der Waals surface area (Å²) in [5.74, 6) is -1.64. The van der Waals surface area contributed by atoms with Crippen LogP contribution in [0.2, 0.25) is 5.02 Å². The molecule has 0 aliphatic heterocycles. The van der Waals surface area contributed by atoms with Gasteiger partial charge in [-0.3, -0.25) is 14.6 Å². The van der Waals surface area contributed by atoms with E-state index in [1.807, 2.05) is 0 Å². The minimum atomic E-state index is -1.10.